The number of carbonyl (C=O) groups is 1. The van der Waals surface area contributed by atoms with Crippen LogP contribution in [0.5, 0.6) is 0 Å². The quantitative estimate of drug-likeness (QED) is 0.812. The van der Waals surface area contributed by atoms with Crippen molar-refractivity contribution in [3.63, 3.8) is 0 Å². The molecule has 0 radical (unpaired) electrons. The molecule has 0 atom stereocenters. The minimum absolute atomic E-state index is 0.00529. The zero-order valence-electron chi connectivity index (χ0n) is 14.7. The number of anilines is 4. The van der Waals surface area contributed by atoms with E-state index in [1.54, 1.807) is 12.1 Å². The Labute approximate surface area is 143 Å². The van der Waals surface area contributed by atoms with Crippen molar-refractivity contribution in [3.05, 3.63) is 36.4 Å². The molecule has 0 aliphatic heterocycles. The molecule has 2 aromatic rings. The fourth-order valence-corrected chi connectivity index (χ4v) is 2.34. The van der Waals surface area contributed by atoms with E-state index >= 15 is 0 Å². The maximum Gasteiger partial charge on any atom is 0.228 e. The predicted molar refractivity (Wildman–Crippen MR) is 98.8 cm³/mol. The second-order valence-electron chi connectivity index (χ2n) is 5.87. The van der Waals surface area contributed by atoms with E-state index in [0.29, 0.717) is 11.6 Å². The van der Waals surface area contributed by atoms with Crippen LogP contribution in [-0.4, -0.2) is 30.2 Å². The highest BCUT2D eigenvalue weighted by atomic mass is 16.1. The number of aromatic nitrogens is 2. The van der Waals surface area contributed by atoms with Gasteiger partial charge in [0.1, 0.15) is 0 Å². The molecule has 0 unspecified atom stereocenters. The van der Waals surface area contributed by atoms with Crippen molar-refractivity contribution in [2.24, 2.45) is 5.92 Å². The molecule has 0 aliphatic rings. The molecular weight excluding hydrogens is 302 g/mol. The zero-order valence-corrected chi connectivity index (χ0v) is 14.7. The van der Waals surface area contributed by atoms with Crippen molar-refractivity contribution in [2.75, 3.05) is 29.6 Å². The van der Waals surface area contributed by atoms with Crippen LogP contribution in [0.3, 0.4) is 0 Å². The van der Waals surface area contributed by atoms with E-state index < -0.39 is 0 Å². The zero-order chi connectivity index (χ0) is 17.5. The Morgan fingerprint density at radius 3 is 2.08 bits per heavy atom. The van der Waals surface area contributed by atoms with Gasteiger partial charge in [-0.25, -0.2) is 0 Å². The maximum atomic E-state index is 12.0. The Morgan fingerprint density at radius 1 is 1.00 bits per heavy atom. The Morgan fingerprint density at radius 2 is 1.58 bits per heavy atom. The second kappa shape index (κ2) is 8.29. The van der Waals surface area contributed by atoms with Crippen molar-refractivity contribution < 1.29 is 4.79 Å². The van der Waals surface area contributed by atoms with Gasteiger partial charge in [0.25, 0.3) is 0 Å². The summed E-state index contributed by atoms with van der Waals surface area (Å²) in [6.45, 7) is 4.02. The van der Waals surface area contributed by atoms with Gasteiger partial charge in [0.15, 0.2) is 11.6 Å². The van der Waals surface area contributed by atoms with Crippen molar-refractivity contribution >= 4 is 28.9 Å². The van der Waals surface area contributed by atoms with Gasteiger partial charge in [0.2, 0.25) is 5.91 Å². The van der Waals surface area contributed by atoms with Crippen LogP contribution in [0.1, 0.15) is 26.7 Å². The van der Waals surface area contributed by atoms with E-state index in [1.165, 1.54) is 0 Å². The van der Waals surface area contributed by atoms with Gasteiger partial charge in [0.05, 0.1) is 0 Å². The molecule has 128 valence electrons. The van der Waals surface area contributed by atoms with E-state index in [4.69, 9.17) is 0 Å². The maximum absolute atomic E-state index is 12.0. The van der Waals surface area contributed by atoms with E-state index in [-0.39, 0.29) is 11.8 Å². The average molecular weight is 327 g/mol. The third-order valence-corrected chi connectivity index (χ3v) is 3.93. The molecule has 0 aliphatic carbocycles. The summed E-state index contributed by atoms with van der Waals surface area (Å²) in [6.07, 6.45) is 1.64. The van der Waals surface area contributed by atoms with Crippen LogP contribution in [0, 0.1) is 5.92 Å². The monoisotopic (exact) mass is 327 g/mol. The fraction of sp³-hybridized carbons (Fsp3) is 0.389. The molecule has 1 amide bonds. The van der Waals surface area contributed by atoms with Gasteiger partial charge in [0, 0.05) is 31.4 Å². The van der Waals surface area contributed by atoms with E-state index in [0.717, 1.165) is 24.2 Å². The lowest BCUT2D eigenvalue weighted by Gasteiger charge is -2.13. The fourth-order valence-electron chi connectivity index (χ4n) is 2.34. The van der Waals surface area contributed by atoms with Gasteiger partial charge in [-0.2, -0.15) is 0 Å². The Kier molecular flexibility index (Phi) is 6.12. The number of hydrogen-bond acceptors (Lipinski definition) is 5. The molecule has 0 fully saturated rings. The van der Waals surface area contributed by atoms with Crippen molar-refractivity contribution in [3.8, 4) is 0 Å². The van der Waals surface area contributed by atoms with Crippen LogP contribution in [-0.2, 0) is 4.79 Å². The van der Waals surface area contributed by atoms with Crippen molar-refractivity contribution in [2.45, 2.75) is 26.7 Å². The lowest BCUT2D eigenvalue weighted by molar-refractivity contribution is -0.120. The number of nitrogens with one attached hydrogen (secondary N) is 2. The lowest BCUT2D eigenvalue weighted by atomic mass is 10.0. The molecule has 2 rings (SSSR count). The third kappa shape index (κ3) is 4.68. The summed E-state index contributed by atoms with van der Waals surface area (Å²) < 4.78 is 0. The van der Waals surface area contributed by atoms with Crippen molar-refractivity contribution in [1.29, 1.82) is 0 Å². The third-order valence-electron chi connectivity index (χ3n) is 3.93. The van der Waals surface area contributed by atoms with Gasteiger partial charge in [-0.15, -0.1) is 10.2 Å². The predicted octanol–water partition coefficient (Wildman–Crippen LogP) is 3.66. The van der Waals surface area contributed by atoms with E-state index in [9.17, 15) is 4.79 Å². The smallest absolute Gasteiger partial charge is 0.228 e. The molecule has 2 N–H and O–H groups in total. The summed E-state index contributed by atoms with van der Waals surface area (Å²) in [5.41, 5.74) is 2.06. The van der Waals surface area contributed by atoms with Crippen LogP contribution in [0.4, 0.5) is 23.0 Å². The Bertz CT molecular complexity index is 648. The van der Waals surface area contributed by atoms with Gasteiger partial charge in [-0.3, -0.25) is 4.79 Å². The molecule has 1 aromatic carbocycles. The summed E-state index contributed by atoms with van der Waals surface area (Å²) in [4.78, 5) is 14.1. The number of rotatable bonds is 7. The van der Waals surface area contributed by atoms with Gasteiger partial charge >= 0.3 is 0 Å². The molecular formula is C18H25N5O. The molecule has 1 heterocycles. The number of hydrogen-bond donors (Lipinski definition) is 2. The summed E-state index contributed by atoms with van der Waals surface area (Å²) >= 11 is 0. The van der Waals surface area contributed by atoms with E-state index in [2.05, 4.69) is 20.8 Å². The van der Waals surface area contributed by atoms with Gasteiger partial charge in [-0.1, -0.05) is 13.8 Å². The lowest BCUT2D eigenvalue weighted by Crippen LogP contribution is -2.22. The summed E-state index contributed by atoms with van der Waals surface area (Å²) in [6, 6.07) is 11.6. The van der Waals surface area contributed by atoms with Crippen LogP contribution in [0.25, 0.3) is 0 Å². The molecule has 24 heavy (non-hydrogen) atoms. The standard InChI is InChI=1S/C18H25N5O/c1-5-13(6-2)18(24)20-17-12-11-16(21-22-17)19-14-7-9-15(10-8-14)23(3)4/h7-13H,5-6H2,1-4H3,(H,19,21)(H,20,22,24). The molecule has 1 aromatic heterocycles. The molecule has 0 bridgehead atoms. The molecule has 0 saturated carbocycles. The first-order valence-electron chi connectivity index (χ1n) is 8.22. The van der Waals surface area contributed by atoms with Crippen LogP contribution in [0.15, 0.2) is 36.4 Å². The normalized spacial score (nSPS) is 10.5. The average Bonchev–Trinajstić information content (AvgIpc) is 2.58. The highest BCUT2D eigenvalue weighted by Gasteiger charge is 2.14. The van der Waals surface area contributed by atoms with Crippen LogP contribution in [0.2, 0.25) is 0 Å². The highest BCUT2D eigenvalue weighted by Crippen LogP contribution is 2.19. The largest absolute Gasteiger partial charge is 0.378 e. The Hall–Kier alpha value is -2.63. The number of nitrogens with zero attached hydrogens (tertiary/aromatic N) is 3. The number of amides is 1. The highest BCUT2D eigenvalue weighted by molar-refractivity contribution is 5.91. The molecule has 0 spiro atoms. The SMILES string of the molecule is CCC(CC)C(=O)Nc1ccc(Nc2ccc(N(C)C)cc2)nn1. The number of carbonyl (C=O) groups excluding carboxylic acids is 1. The molecule has 0 saturated heterocycles. The van der Waals surface area contributed by atoms with Gasteiger partial charge < -0.3 is 15.5 Å². The number of benzene rings is 1. The first-order chi connectivity index (χ1) is 11.5. The first kappa shape index (κ1) is 17.7. The van der Waals surface area contributed by atoms with Crippen molar-refractivity contribution in [1.82, 2.24) is 10.2 Å². The first-order valence-corrected chi connectivity index (χ1v) is 8.22. The summed E-state index contributed by atoms with van der Waals surface area (Å²) in [5.74, 6) is 1.11. The topological polar surface area (TPSA) is 70.2 Å². The minimum atomic E-state index is -0.00529. The van der Waals surface area contributed by atoms with Gasteiger partial charge in [-0.05, 0) is 49.2 Å². The summed E-state index contributed by atoms with van der Waals surface area (Å²) in [7, 11) is 4.01. The minimum Gasteiger partial charge on any atom is -0.378 e. The van der Waals surface area contributed by atoms with Crippen LogP contribution < -0.4 is 15.5 Å². The molecule has 6 heteroatoms. The second-order valence-corrected chi connectivity index (χ2v) is 5.87. The van der Waals surface area contributed by atoms with E-state index in [1.807, 2.05) is 57.1 Å². The molecule has 6 nitrogen and oxygen atoms in total. The Balaban J connectivity index is 1.97. The van der Waals surface area contributed by atoms with Crippen LogP contribution >= 0.6 is 0 Å². The summed E-state index contributed by atoms with van der Waals surface area (Å²) in [5, 5.41) is 14.2.